The SMILES string of the molecule is COc1cnc(C(=O)Cc2ccc(F)c([C@@]3(C)N=C(N)O[C@H](C(F)(F)C4CC4)[C@@H]3F)c2)cn1. The molecule has 0 amide bonds. The maximum absolute atomic E-state index is 15.5. The number of methoxy groups -OCH3 is 1. The topological polar surface area (TPSA) is 99.7 Å². The van der Waals surface area contributed by atoms with Gasteiger partial charge in [0.25, 0.3) is 11.9 Å². The second-order valence-electron chi connectivity index (χ2n) is 8.34. The van der Waals surface area contributed by atoms with Gasteiger partial charge in [-0.25, -0.2) is 32.5 Å². The van der Waals surface area contributed by atoms with Crippen LogP contribution in [-0.2, 0) is 16.7 Å². The summed E-state index contributed by atoms with van der Waals surface area (Å²) in [7, 11) is 1.40. The van der Waals surface area contributed by atoms with E-state index < -0.39 is 47.3 Å². The number of amidine groups is 1. The van der Waals surface area contributed by atoms with Gasteiger partial charge >= 0.3 is 0 Å². The van der Waals surface area contributed by atoms with E-state index in [1.54, 1.807) is 0 Å². The molecule has 1 aliphatic carbocycles. The zero-order chi connectivity index (χ0) is 24.0. The van der Waals surface area contributed by atoms with Crippen LogP contribution in [0.5, 0.6) is 5.88 Å². The molecule has 0 saturated heterocycles. The van der Waals surface area contributed by atoms with Gasteiger partial charge in [0.15, 0.2) is 18.1 Å². The van der Waals surface area contributed by atoms with E-state index in [1.807, 2.05) is 0 Å². The average molecular weight is 466 g/mol. The Morgan fingerprint density at radius 3 is 2.64 bits per heavy atom. The lowest BCUT2D eigenvalue weighted by Gasteiger charge is -2.41. The molecule has 176 valence electrons. The number of carbonyl (C=O) groups excluding carboxylic acids is 1. The zero-order valence-corrected chi connectivity index (χ0v) is 17.9. The van der Waals surface area contributed by atoms with Gasteiger partial charge in [-0.2, -0.15) is 0 Å². The number of hydrogen-bond donors (Lipinski definition) is 1. The molecule has 11 heteroatoms. The largest absolute Gasteiger partial charge is 0.480 e. The highest BCUT2D eigenvalue weighted by Gasteiger charge is 2.62. The number of aliphatic imine (C=N–C) groups is 1. The summed E-state index contributed by atoms with van der Waals surface area (Å²) in [5.41, 5.74) is 3.60. The molecule has 1 fully saturated rings. The van der Waals surface area contributed by atoms with E-state index in [1.165, 1.54) is 38.6 Å². The first-order chi connectivity index (χ1) is 15.6. The van der Waals surface area contributed by atoms with Crippen molar-refractivity contribution in [3.8, 4) is 5.88 Å². The molecule has 0 unspecified atom stereocenters. The summed E-state index contributed by atoms with van der Waals surface area (Å²) in [4.78, 5) is 24.3. The number of nitrogens with zero attached hydrogens (tertiary/aromatic N) is 3. The molecule has 2 aliphatic rings. The van der Waals surface area contributed by atoms with Crippen molar-refractivity contribution >= 4 is 11.8 Å². The van der Waals surface area contributed by atoms with E-state index in [0.29, 0.717) is 5.56 Å². The standard InChI is InChI=1S/C22H22F4N4O3/c1-21(18(24)19(33-20(27)30-21)22(25,26)12-4-5-12)13-7-11(3-6-14(13)23)8-16(31)15-9-29-17(32-2)10-28-15/h3,6-7,9-10,12,18-19H,4-5,8H2,1-2H3,(H2,27,30)/t18-,19-,21+/m0/s1. The predicted octanol–water partition coefficient (Wildman–Crippen LogP) is 3.36. The number of hydrogen-bond acceptors (Lipinski definition) is 7. The molecule has 3 atom stereocenters. The number of ether oxygens (including phenoxy) is 2. The summed E-state index contributed by atoms with van der Waals surface area (Å²) in [5, 5.41) is 0. The van der Waals surface area contributed by atoms with Crippen LogP contribution in [0.3, 0.4) is 0 Å². The molecule has 1 aliphatic heterocycles. The van der Waals surface area contributed by atoms with Crippen LogP contribution in [0, 0.1) is 11.7 Å². The molecule has 0 bridgehead atoms. The van der Waals surface area contributed by atoms with E-state index in [0.717, 1.165) is 6.07 Å². The quantitative estimate of drug-likeness (QED) is 0.496. The summed E-state index contributed by atoms with van der Waals surface area (Å²) in [6.45, 7) is 1.18. The van der Waals surface area contributed by atoms with Gasteiger partial charge in [-0.05, 0) is 37.5 Å². The van der Waals surface area contributed by atoms with Crippen molar-refractivity contribution in [1.82, 2.24) is 9.97 Å². The molecule has 1 aromatic carbocycles. The van der Waals surface area contributed by atoms with Gasteiger partial charge in [-0.3, -0.25) is 4.79 Å². The monoisotopic (exact) mass is 466 g/mol. The number of alkyl halides is 3. The number of aromatic nitrogens is 2. The summed E-state index contributed by atoms with van der Waals surface area (Å²) < 4.78 is 69.6. The minimum Gasteiger partial charge on any atom is -0.480 e. The number of carbonyl (C=O) groups is 1. The average Bonchev–Trinajstić information content (AvgIpc) is 3.63. The third-order valence-corrected chi connectivity index (χ3v) is 5.96. The maximum Gasteiger partial charge on any atom is 0.290 e. The van der Waals surface area contributed by atoms with Crippen LogP contribution in [0.25, 0.3) is 0 Å². The summed E-state index contributed by atoms with van der Waals surface area (Å²) in [6, 6.07) is 2.95. The molecule has 2 aromatic rings. The molecule has 0 radical (unpaired) electrons. The lowest BCUT2D eigenvalue weighted by atomic mass is 9.81. The van der Waals surface area contributed by atoms with Crippen LogP contribution in [0.2, 0.25) is 0 Å². The van der Waals surface area contributed by atoms with Gasteiger partial charge in [-0.15, -0.1) is 0 Å². The third kappa shape index (κ3) is 4.23. The predicted molar refractivity (Wildman–Crippen MR) is 109 cm³/mol. The molecule has 2 N–H and O–H groups in total. The highest BCUT2D eigenvalue weighted by Crippen LogP contribution is 2.51. The van der Waals surface area contributed by atoms with Crippen LogP contribution in [0.4, 0.5) is 17.6 Å². The molecule has 2 heterocycles. The van der Waals surface area contributed by atoms with Crippen LogP contribution in [0.1, 0.15) is 41.4 Å². The molecular weight excluding hydrogens is 444 g/mol. The summed E-state index contributed by atoms with van der Waals surface area (Å²) in [6.07, 6.45) is -1.80. The van der Waals surface area contributed by atoms with Gasteiger partial charge < -0.3 is 15.2 Å². The van der Waals surface area contributed by atoms with Crippen LogP contribution >= 0.6 is 0 Å². The maximum atomic E-state index is 15.5. The Morgan fingerprint density at radius 2 is 2.03 bits per heavy atom. The molecule has 7 nitrogen and oxygen atoms in total. The van der Waals surface area contributed by atoms with E-state index in [-0.39, 0.29) is 36.4 Å². The Labute approximate surface area is 187 Å². The Bertz CT molecular complexity index is 1090. The molecule has 1 aromatic heterocycles. The van der Waals surface area contributed by atoms with Crippen LogP contribution < -0.4 is 10.5 Å². The molecule has 1 saturated carbocycles. The fourth-order valence-electron chi connectivity index (χ4n) is 3.90. The van der Waals surface area contributed by atoms with E-state index in [2.05, 4.69) is 15.0 Å². The molecular formula is C22H22F4N4O3. The highest BCUT2D eigenvalue weighted by molar-refractivity contribution is 5.95. The van der Waals surface area contributed by atoms with Gasteiger partial charge in [0.05, 0.1) is 19.5 Å². The van der Waals surface area contributed by atoms with Crippen molar-refractivity contribution in [2.24, 2.45) is 16.6 Å². The van der Waals surface area contributed by atoms with E-state index in [4.69, 9.17) is 15.2 Å². The summed E-state index contributed by atoms with van der Waals surface area (Å²) >= 11 is 0. The van der Waals surface area contributed by atoms with Crippen molar-refractivity contribution in [3.63, 3.8) is 0 Å². The highest BCUT2D eigenvalue weighted by atomic mass is 19.3. The minimum atomic E-state index is -3.49. The fourth-order valence-corrected chi connectivity index (χ4v) is 3.90. The van der Waals surface area contributed by atoms with E-state index >= 15 is 4.39 Å². The van der Waals surface area contributed by atoms with Crippen molar-refractivity contribution in [1.29, 1.82) is 0 Å². The first kappa shape index (κ1) is 22.9. The van der Waals surface area contributed by atoms with Crippen molar-refractivity contribution in [2.45, 2.75) is 49.9 Å². The Hall–Kier alpha value is -3.24. The Kier molecular flexibility index (Phi) is 5.75. The van der Waals surface area contributed by atoms with Gasteiger partial charge in [0.2, 0.25) is 5.88 Å². The number of rotatable bonds is 7. The van der Waals surface area contributed by atoms with Gasteiger partial charge in [-0.1, -0.05) is 6.07 Å². The van der Waals surface area contributed by atoms with Crippen LogP contribution in [0.15, 0.2) is 35.6 Å². The Morgan fingerprint density at radius 1 is 1.30 bits per heavy atom. The van der Waals surface area contributed by atoms with Crippen molar-refractivity contribution in [2.75, 3.05) is 7.11 Å². The first-order valence-electron chi connectivity index (χ1n) is 10.3. The lowest BCUT2D eigenvalue weighted by molar-refractivity contribution is -0.161. The van der Waals surface area contributed by atoms with Crippen molar-refractivity contribution < 1.29 is 31.8 Å². The second kappa shape index (κ2) is 8.27. The Balaban J connectivity index is 1.64. The van der Waals surface area contributed by atoms with Gasteiger partial charge in [0, 0.05) is 17.9 Å². The minimum absolute atomic E-state index is 0.0497. The number of nitrogens with two attached hydrogens (primary N) is 1. The smallest absolute Gasteiger partial charge is 0.290 e. The normalized spacial score (nSPS) is 25.2. The first-order valence-corrected chi connectivity index (χ1v) is 10.3. The summed E-state index contributed by atoms with van der Waals surface area (Å²) in [5.74, 6) is -5.58. The molecule has 33 heavy (non-hydrogen) atoms. The number of halogens is 4. The van der Waals surface area contributed by atoms with Gasteiger partial charge in [0.1, 0.15) is 17.1 Å². The number of Topliss-reactive ketones (excluding diaryl/α,β-unsaturated/α-hetero) is 1. The van der Waals surface area contributed by atoms with Crippen molar-refractivity contribution in [3.05, 3.63) is 53.2 Å². The second-order valence-corrected chi connectivity index (χ2v) is 8.34. The fraction of sp³-hybridized carbons (Fsp3) is 0.455. The molecule has 0 spiro atoms. The number of ketones is 1. The lowest BCUT2D eigenvalue weighted by Crippen LogP contribution is -2.57. The molecule has 4 rings (SSSR count). The number of benzene rings is 1. The third-order valence-electron chi connectivity index (χ3n) is 5.96. The van der Waals surface area contributed by atoms with Crippen LogP contribution in [-0.4, -0.2) is 47.1 Å². The van der Waals surface area contributed by atoms with E-state index in [9.17, 15) is 18.0 Å². The zero-order valence-electron chi connectivity index (χ0n) is 17.9.